The largest absolute Gasteiger partial charge is 0.481 e. The minimum atomic E-state index is -1.01. The van der Waals surface area contributed by atoms with Crippen LogP contribution in [0.15, 0.2) is 24.3 Å². The predicted octanol–water partition coefficient (Wildman–Crippen LogP) is 0.312. The van der Waals surface area contributed by atoms with E-state index in [-0.39, 0.29) is 12.5 Å². The Kier molecular flexibility index (Phi) is 9.63. The average Bonchev–Trinajstić information content (AvgIpc) is 3.65. The number of hydrogen-bond acceptors (Lipinski definition) is 8. The second-order valence-electron chi connectivity index (χ2n) is 10.6. The summed E-state index contributed by atoms with van der Waals surface area (Å²) in [5.41, 5.74) is 1.40. The Morgan fingerprint density at radius 1 is 1.07 bits per heavy atom. The highest BCUT2D eigenvalue weighted by Crippen LogP contribution is 2.33. The molecule has 0 saturated heterocycles. The number of anilines is 1. The number of carboxylic acids is 1. The number of aromatic amines is 1. The number of nitrogens with one attached hydrogen (secondary N) is 4. The molecule has 2 aromatic rings. The average molecular weight is 569 g/mol. The number of amides is 4. The fraction of sp³-hybridized carbons (Fsp3) is 0.556. The number of tetrazole rings is 1. The summed E-state index contributed by atoms with van der Waals surface area (Å²) in [6, 6.07) is 5.38. The van der Waals surface area contributed by atoms with Crippen molar-refractivity contribution < 1.29 is 29.1 Å². The van der Waals surface area contributed by atoms with Crippen molar-refractivity contribution in [3.63, 3.8) is 0 Å². The van der Waals surface area contributed by atoms with Gasteiger partial charge in [-0.25, -0.2) is 0 Å². The van der Waals surface area contributed by atoms with Crippen LogP contribution in [0.5, 0.6) is 0 Å². The Morgan fingerprint density at radius 3 is 2.49 bits per heavy atom. The highest BCUT2D eigenvalue weighted by Gasteiger charge is 2.40. The van der Waals surface area contributed by atoms with Gasteiger partial charge in [0, 0.05) is 12.1 Å². The van der Waals surface area contributed by atoms with E-state index in [1.807, 2.05) is 26.0 Å². The molecule has 0 spiro atoms. The summed E-state index contributed by atoms with van der Waals surface area (Å²) < 4.78 is 0. The zero-order valence-electron chi connectivity index (χ0n) is 23.1. The molecule has 2 aliphatic rings. The second kappa shape index (κ2) is 13.3. The number of para-hydroxylation sites is 1. The number of carboxylic acid groups (broad SMARTS) is 1. The van der Waals surface area contributed by atoms with Crippen molar-refractivity contribution in [2.75, 3.05) is 11.4 Å². The summed E-state index contributed by atoms with van der Waals surface area (Å²) >= 11 is 0. The van der Waals surface area contributed by atoms with Gasteiger partial charge in [-0.2, -0.15) is 5.21 Å². The molecule has 1 saturated carbocycles. The predicted molar refractivity (Wildman–Crippen MR) is 145 cm³/mol. The van der Waals surface area contributed by atoms with E-state index in [0.717, 1.165) is 18.4 Å². The quantitative estimate of drug-likeness (QED) is 0.253. The molecule has 5 atom stereocenters. The summed E-state index contributed by atoms with van der Waals surface area (Å²) in [4.78, 5) is 66.0. The molecule has 1 aromatic carbocycles. The molecule has 4 amide bonds. The number of aromatic nitrogens is 4. The number of fused-ring (bicyclic) bond motifs is 1. The molecule has 0 radical (unpaired) electrons. The maximum atomic E-state index is 13.4. The Morgan fingerprint density at radius 2 is 1.80 bits per heavy atom. The third kappa shape index (κ3) is 6.87. The van der Waals surface area contributed by atoms with E-state index >= 15 is 0 Å². The first-order chi connectivity index (χ1) is 19.7. The van der Waals surface area contributed by atoms with Gasteiger partial charge in [0.1, 0.15) is 12.1 Å². The number of aliphatic carboxylic acids is 1. The van der Waals surface area contributed by atoms with E-state index in [1.165, 1.54) is 4.90 Å². The van der Waals surface area contributed by atoms with Crippen molar-refractivity contribution in [2.24, 2.45) is 17.8 Å². The van der Waals surface area contributed by atoms with E-state index in [4.69, 9.17) is 0 Å². The van der Waals surface area contributed by atoms with Gasteiger partial charge in [-0.3, -0.25) is 28.9 Å². The summed E-state index contributed by atoms with van der Waals surface area (Å²) in [5.74, 6) is -4.39. The molecule has 2 heterocycles. The lowest BCUT2D eigenvalue weighted by Gasteiger charge is -2.31. The highest BCUT2D eigenvalue weighted by molar-refractivity contribution is 6.05. The molecule has 4 rings (SSSR count). The van der Waals surface area contributed by atoms with E-state index < -0.39 is 60.1 Å². The van der Waals surface area contributed by atoms with Crippen LogP contribution in [0.25, 0.3) is 0 Å². The monoisotopic (exact) mass is 568 g/mol. The lowest BCUT2D eigenvalue weighted by molar-refractivity contribution is -0.149. The van der Waals surface area contributed by atoms with Crippen LogP contribution in [0.2, 0.25) is 0 Å². The molecule has 0 bridgehead atoms. The summed E-state index contributed by atoms with van der Waals surface area (Å²) in [6.07, 6.45) is 3.22. The highest BCUT2D eigenvalue weighted by atomic mass is 16.4. The van der Waals surface area contributed by atoms with Gasteiger partial charge in [0.05, 0.1) is 24.9 Å². The third-order valence-electron chi connectivity index (χ3n) is 7.98. The van der Waals surface area contributed by atoms with Crippen LogP contribution in [0.1, 0.15) is 57.3 Å². The fourth-order valence-corrected chi connectivity index (χ4v) is 5.51. The van der Waals surface area contributed by atoms with E-state index in [0.29, 0.717) is 37.2 Å². The van der Waals surface area contributed by atoms with Gasteiger partial charge in [-0.05, 0) is 30.4 Å². The van der Waals surface area contributed by atoms with Crippen LogP contribution in [0.3, 0.4) is 0 Å². The molecule has 2 unspecified atom stereocenters. The van der Waals surface area contributed by atoms with Gasteiger partial charge in [0.25, 0.3) is 0 Å². The van der Waals surface area contributed by atoms with Crippen molar-refractivity contribution in [3.8, 4) is 0 Å². The Balaban J connectivity index is 1.42. The molecule has 1 fully saturated rings. The van der Waals surface area contributed by atoms with Gasteiger partial charge in [0.2, 0.25) is 23.6 Å². The molecule has 14 heteroatoms. The second-order valence-corrected chi connectivity index (χ2v) is 10.6. The van der Waals surface area contributed by atoms with Crippen molar-refractivity contribution in [1.82, 2.24) is 36.6 Å². The van der Waals surface area contributed by atoms with E-state index in [1.54, 1.807) is 12.1 Å². The first kappa shape index (κ1) is 29.6. The van der Waals surface area contributed by atoms with Gasteiger partial charge in [0.15, 0.2) is 5.82 Å². The van der Waals surface area contributed by atoms with Crippen LogP contribution >= 0.6 is 0 Å². The number of carbonyl (C=O) groups excluding carboxylic acids is 4. The number of carbonyl (C=O) groups is 5. The maximum Gasteiger partial charge on any atom is 0.307 e. The molecule has 220 valence electrons. The van der Waals surface area contributed by atoms with Crippen LogP contribution in [0.4, 0.5) is 5.69 Å². The maximum absolute atomic E-state index is 13.4. The lowest BCUT2D eigenvalue weighted by atomic mass is 9.78. The molecule has 1 aromatic heterocycles. The van der Waals surface area contributed by atoms with Crippen molar-refractivity contribution in [2.45, 2.75) is 71.0 Å². The van der Waals surface area contributed by atoms with Crippen LogP contribution in [0, 0.1) is 17.8 Å². The number of hydrogen-bond donors (Lipinski definition) is 5. The topological polar surface area (TPSA) is 199 Å². The lowest BCUT2D eigenvalue weighted by Crippen LogP contribution is -2.55. The minimum Gasteiger partial charge on any atom is -0.481 e. The molecule has 5 N–H and O–H groups in total. The first-order valence-corrected chi connectivity index (χ1v) is 13.9. The molecular formula is C27H36N8O6. The fourth-order valence-electron chi connectivity index (χ4n) is 5.51. The summed E-state index contributed by atoms with van der Waals surface area (Å²) in [5, 5.41) is 31.1. The summed E-state index contributed by atoms with van der Waals surface area (Å²) in [7, 11) is 0. The first-order valence-electron chi connectivity index (χ1n) is 13.9. The van der Waals surface area contributed by atoms with Crippen molar-refractivity contribution in [3.05, 3.63) is 35.7 Å². The number of benzene rings is 1. The van der Waals surface area contributed by atoms with Gasteiger partial charge < -0.3 is 21.1 Å². The number of H-pyrrole nitrogens is 1. The Hall–Kier alpha value is -4.36. The molecule has 41 heavy (non-hydrogen) atoms. The van der Waals surface area contributed by atoms with Crippen LogP contribution in [-0.4, -0.2) is 74.0 Å². The van der Waals surface area contributed by atoms with E-state index in [2.05, 4.69) is 36.6 Å². The van der Waals surface area contributed by atoms with E-state index in [9.17, 15) is 29.1 Å². The normalized spacial score (nSPS) is 21.3. The number of rotatable bonds is 11. The standard InChI is InChI=1S/C27H36N8O6/c1-3-15(2)23(30-24(37)17-9-5-6-10-18(17)27(40)41)26(39)29-14-22(36)35-19-11-7-4-8-16(19)12-20(35)25(38)28-13-21-31-33-34-32-21/h4,7-8,11,15,17-18,20,23H,3,5-6,9-10,12-14H2,1-2H3,(H,28,38)(H,29,39)(H,30,37)(H,40,41)(H,31,32,33,34)/t15-,17?,18?,20-,23-/m0/s1. The molecule has 14 nitrogen and oxygen atoms in total. The zero-order valence-corrected chi connectivity index (χ0v) is 23.1. The van der Waals surface area contributed by atoms with Crippen LogP contribution in [-0.2, 0) is 36.9 Å². The van der Waals surface area contributed by atoms with Crippen molar-refractivity contribution >= 4 is 35.3 Å². The summed E-state index contributed by atoms with van der Waals surface area (Å²) in [6.45, 7) is 3.32. The smallest absolute Gasteiger partial charge is 0.307 e. The van der Waals surface area contributed by atoms with Gasteiger partial charge in [-0.1, -0.05) is 56.5 Å². The molecule has 1 aliphatic carbocycles. The molecule has 1 aliphatic heterocycles. The third-order valence-corrected chi connectivity index (χ3v) is 7.98. The number of nitrogens with zero attached hydrogens (tertiary/aromatic N) is 4. The zero-order chi connectivity index (χ0) is 29.5. The van der Waals surface area contributed by atoms with Crippen LogP contribution < -0.4 is 20.9 Å². The molecular weight excluding hydrogens is 532 g/mol. The van der Waals surface area contributed by atoms with Gasteiger partial charge >= 0.3 is 5.97 Å². The SMILES string of the molecule is CC[C@H](C)[C@H](NC(=O)C1CCCCC1C(=O)O)C(=O)NCC(=O)N1c2ccccc2C[C@H]1C(=O)NCc1nn[nH]n1. The van der Waals surface area contributed by atoms with Crippen molar-refractivity contribution in [1.29, 1.82) is 0 Å². The van der Waals surface area contributed by atoms with Gasteiger partial charge in [-0.15, -0.1) is 10.2 Å². The minimum absolute atomic E-state index is 0.0287. The Bertz CT molecular complexity index is 1270. The Labute approximate surface area is 237 Å².